The van der Waals surface area contributed by atoms with E-state index in [9.17, 15) is 13.6 Å². The summed E-state index contributed by atoms with van der Waals surface area (Å²) < 4.78 is 32.6. The number of piperidine rings is 1. The lowest BCUT2D eigenvalue weighted by molar-refractivity contribution is -0.153. The van der Waals surface area contributed by atoms with Gasteiger partial charge in [0.2, 0.25) is 5.88 Å². The molecule has 1 unspecified atom stereocenters. The molecule has 0 aromatic carbocycles. The van der Waals surface area contributed by atoms with Crippen molar-refractivity contribution in [2.75, 3.05) is 20.2 Å². The van der Waals surface area contributed by atoms with E-state index in [4.69, 9.17) is 9.84 Å². The molecule has 1 aromatic heterocycles. The Labute approximate surface area is 127 Å². The van der Waals surface area contributed by atoms with Crippen LogP contribution in [0.1, 0.15) is 23.2 Å². The number of nitrogens with zero attached hydrogens (tertiary/aromatic N) is 2. The largest absolute Gasteiger partial charge is 0.481 e. The maximum Gasteiger partial charge on any atom is 0.308 e. The van der Waals surface area contributed by atoms with Gasteiger partial charge in [-0.25, -0.2) is 13.8 Å². The summed E-state index contributed by atoms with van der Waals surface area (Å²) >= 11 is 0. The first-order valence-electron chi connectivity index (χ1n) is 7.06. The molecule has 1 atom stereocenters. The summed E-state index contributed by atoms with van der Waals surface area (Å²) in [4.78, 5) is 16.8. The Bertz CT molecular complexity index is 555. The van der Waals surface area contributed by atoms with Crippen LogP contribution < -0.4 is 4.74 Å². The number of halogens is 2. The normalized spacial score (nSPS) is 21.6. The number of hydrogen-bond donors (Lipinski definition) is 1. The molecule has 22 heavy (non-hydrogen) atoms. The standard InChI is InChI=1S/C15H20F2N2O3/c1-9-4-13(22-3)18-10(2)12(9)7-19-6-11(14(20)21)5-15(16,17)8-19/h4,11H,5-8H2,1-3H3,(H,20,21). The fourth-order valence-corrected chi connectivity index (χ4v) is 2.87. The highest BCUT2D eigenvalue weighted by atomic mass is 19.3. The van der Waals surface area contributed by atoms with Crippen molar-refractivity contribution in [3.05, 3.63) is 22.9 Å². The molecule has 0 amide bonds. The molecular formula is C15H20F2N2O3. The van der Waals surface area contributed by atoms with Crippen molar-refractivity contribution in [1.29, 1.82) is 0 Å². The summed E-state index contributed by atoms with van der Waals surface area (Å²) in [7, 11) is 1.52. The van der Waals surface area contributed by atoms with Gasteiger partial charge in [0, 0.05) is 31.3 Å². The minimum atomic E-state index is -2.98. The van der Waals surface area contributed by atoms with E-state index in [2.05, 4.69) is 4.98 Å². The Balaban J connectivity index is 2.21. The van der Waals surface area contributed by atoms with Crippen LogP contribution in [0.5, 0.6) is 5.88 Å². The molecule has 1 aromatic rings. The second kappa shape index (κ2) is 6.16. The quantitative estimate of drug-likeness (QED) is 0.923. The van der Waals surface area contributed by atoms with Crippen LogP contribution in [0.4, 0.5) is 8.78 Å². The van der Waals surface area contributed by atoms with E-state index in [0.717, 1.165) is 11.1 Å². The highest BCUT2D eigenvalue weighted by Crippen LogP contribution is 2.32. The minimum Gasteiger partial charge on any atom is -0.481 e. The Hall–Kier alpha value is -1.76. The van der Waals surface area contributed by atoms with E-state index in [1.165, 1.54) is 12.0 Å². The van der Waals surface area contributed by atoms with E-state index in [1.54, 1.807) is 13.0 Å². The summed E-state index contributed by atoms with van der Waals surface area (Å²) in [5.41, 5.74) is 2.44. The fourth-order valence-electron chi connectivity index (χ4n) is 2.87. The second-order valence-corrected chi connectivity index (χ2v) is 5.81. The first-order chi connectivity index (χ1) is 10.2. The number of hydrogen-bond acceptors (Lipinski definition) is 4. The van der Waals surface area contributed by atoms with Crippen LogP contribution in [-0.2, 0) is 11.3 Å². The van der Waals surface area contributed by atoms with Crippen LogP contribution in [0.2, 0.25) is 0 Å². The fraction of sp³-hybridized carbons (Fsp3) is 0.600. The number of methoxy groups -OCH3 is 1. The topological polar surface area (TPSA) is 62.7 Å². The van der Waals surface area contributed by atoms with Crippen molar-refractivity contribution in [3.63, 3.8) is 0 Å². The van der Waals surface area contributed by atoms with Gasteiger partial charge >= 0.3 is 5.97 Å². The molecule has 0 bridgehead atoms. The Morgan fingerprint density at radius 3 is 2.77 bits per heavy atom. The SMILES string of the molecule is COc1cc(C)c(CN2CC(C(=O)O)CC(F)(F)C2)c(C)n1. The molecule has 5 nitrogen and oxygen atoms in total. The molecule has 1 saturated heterocycles. The first-order valence-corrected chi connectivity index (χ1v) is 7.06. The number of aromatic nitrogens is 1. The van der Waals surface area contributed by atoms with E-state index in [0.29, 0.717) is 11.6 Å². The van der Waals surface area contributed by atoms with Crippen LogP contribution in [0.25, 0.3) is 0 Å². The lowest BCUT2D eigenvalue weighted by Crippen LogP contribution is -2.48. The summed E-state index contributed by atoms with van der Waals surface area (Å²) in [5.74, 6) is -4.73. The number of rotatable bonds is 4. The lowest BCUT2D eigenvalue weighted by Gasteiger charge is -2.36. The van der Waals surface area contributed by atoms with Crippen molar-refractivity contribution in [2.24, 2.45) is 5.92 Å². The predicted molar refractivity (Wildman–Crippen MR) is 76.2 cm³/mol. The number of likely N-dealkylation sites (tertiary alicyclic amines) is 1. The van der Waals surface area contributed by atoms with Gasteiger partial charge in [0.15, 0.2) is 0 Å². The number of carboxylic acids is 1. The highest BCUT2D eigenvalue weighted by Gasteiger charge is 2.43. The van der Waals surface area contributed by atoms with Crippen LogP contribution >= 0.6 is 0 Å². The molecule has 0 saturated carbocycles. The number of ether oxygens (including phenoxy) is 1. The molecule has 0 aliphatic carbocycles. The van der Waals surface area contributed by atoms with E-state index >= 15 is 0 Å². The zero-order chi connectivity index (χ0) is 16.5. The van der Waals surface area contributed by atoms with Gasteiger partial charge in [-0.05, 0) is 25.0 Å². The van der Waals surface area contributed by atoms with Crippen molar-refractivity contribution >= 4 is 5.97 Å². The summed E-state index contributed by atoms with van der Waals surface area (Å²) in [6.45, 7) is 3.61. The molecule has 0 spiro atoms. The molecule has 1 aliphatic heterocycles. The zero-order valence-electron chi connectivity index (χ0n) is 12.9. The zero-order valence-corrected chi connectivity index (χ0v) is 12.9. The first kappa shape index (κ1) is 16.6. The third-order valence-electron chi connectivity index (χ3n) is 3.95. The smallest absolute Gasteiger partial charge is 0.308 e. The number of pyridine rings is 1. The van der Waals surface area contributed by atoms with Gasteiger partial charge in [-0.15, -0.1) is 0 Å². The number of aliphatic carboxylic acids is 1. The van der Waals surface area contributed by atoms with E-state index < -0.39 is 30.8 Å². The number of carboxylic acid groups (broad SMARTS) is 1. The molecule has 0 radical (unpaired) electrons. The molecular weight excluding hydrogens is 294 g/mol. The predicted octanol–water partition coefficient (Wildman–Crippen LogP) is 2.25. The van der Waals surface area contributed by atoms with E-state index in [-0.39, 0.29) is 13.1 Å². The Kier molecular flexibility index (Phi) is 4.65. The van der Waals surface area contributed by atoms with Crippen molar-refractivity contribution in [2.45, 2.75) is 32.7 Å². The molecule has 2 heterocycles. The van der Waals surface area contributed by atoms with Gasteiger partial charge in [0.05, 0.1) is 19.6 Å². The van der Waals surface area contributed by atoms with Gasteiger partial charge in [0.25, 0.3) is 5.92 Å². The summed E-state index contributed by atoms with van der Waals surface area (Å²) in [6.07, 6.45) is -0.600. The van der Waals surface area contributed by atoms with Crippen molar-refractivity contribution in [3.8, 4) is 5.88 Å². The molecule has 1 fully saturated rings. The van der Waals surface area contributed by atoms with Gasteiger partial charge in [0.1, 0.15) is 0 Å². The molecule has 122 valence electrons. The lowest BCUT2D eigenvalue weighted by atomic mass is 9.94. The average Bonchev–Trinajstić information content (AvgIpc) is 2.40. The van der Waals surface area contributed by atoms with Crippen LogP contribution in [0.15, 0.2) is 6.07 Å². The van der Waals surface area contributed by atoms with Crippen LogP contribution in [0.3, 0.4) is 0 Å². The number of alkyl halides is 2. The van der Waals surface area contributed by atoms with Gasteiger partial charge in [-0.3, -0.25) is 9.69 Å². The maximum atomic E-state index is 13.7. The van der Waals surface area contributed by atoms with Gasteiger partial charge < -0.3 is 9.84 Å². The highest BCUT2D eigenvalue weighted by molar-refractivity contribution is 5.70. The number of aryl methyl sites for hydroxylation is 2. The average molecular weight is 314 g/mol. The van der Waals surface area contributed by atoms with E-state index in [1.807, 2.05) is 6.92 Å². The summed E-state index contributed by atoms with van der Waals surface area (Å²) in [5, 5.41) is 9.04. The Morgan fingerprint density at radius 2 is 2.23 bits per heavy atom. The molecule has 1 N–H and O–H groups in total. The van der Waals surface area contributed by atoms with Crippen molar-refractivity contribution < 1.29 is 23.4 Å². The third-order valence-corrected chi connectivity index (χ3v) is 3.95. The summed E-state index contributed by atoms with van der Waals surface area (Å²) in [6, 6.07) is 1.75. The maximum absolute atomic E-state index is 13.7. The van der Waals surface area contributed by atoms with Crippen molar-refractivity contribution in [1.82, 2.24) is 9.88 Å². The molecule has 1 aliphatic rings. The monoisotopic (exact) mass is 314 g/mol. The second-order valence-electron chi connectivity index (χ2n) is 5.81. The van der Waals surface area contributed by atoms with Gasteiger partial charge in [-0.1, -0.05) is 0 Å². The number of carbonyl (C=O) groups is 1. The third kappa shape index (κ3) is 3.71. The molecule has 2 rings (SSSR count). The van der Waals surface area contributed by atoms with Crippen LogP contribution in [-0.4, -0.2) is 47.1 Å². The van der Waals surface area contributed by atoms with Gasteiger partial charge in [-0.2, -0.15) is 0 Å². The van der Waals surface area contributed by atoms with Crippen LogP contribution in [0, 0.1) is 19.8 Å². The Morgan fingerprint density at radius 1 is 1.55 bits per heavy atom. The minimum absolute atomic E-state index is 0.121. The molecule has 7 heteroatoms.